The summed E-state index contributed by atoms with van der Waals surface area (Å²) in [6.07, 6.45) is 2.57. The number of benzene rings is 1. The van der Waals surface area contributed by atoms with Crippen LogP contribution in [0.15, 0.2) is 24.3 Å². The van der Waals surface area contributed by atoms with Crippen LogP contribution in [0.5, 0.6) is 0 Å². The van der Waals surface area contributed by atoms with E-state index in [1.165, 1.54) is 12.8 Å². The van der Waals surface area contributed by atoms with Crippen molar-refractivity contribution in [3.63, 3.8) is 0 Å². The van der Waals surface area contributed by atoms with Gasteiger partial charge in [-0.3, -0.25) is 9.59 Å². The van der Waals surface area contributed by atoms with Gasteiger partial charge in [0.25, 0.3) is 5.91 Å². The van der Waals surface area contributed by atoms with Crippen LogP contribution in [0.2, 0.25) is 0 Å². The summed E-state index contributed by atoms with van der Waals surface area (Å²) in [5, 5.41) is 8.77. The van der Waals surface area contributed by atoms with E-state index in [1.54, 1.807) is 12.1 Å². The van der Waals surface area contributed by atoms with Gasteiger partial charge in [-0.15, -0.1) is 12.4 Å². The Bertz CT molecular complexity index is 487. The normalized spacial score (nSPS) is 13.1. The summed E-state index contributed by atoms with van der Waals surface area (Å²) in [5.74, 6) is 0.709. The fourth-order valence-corrected chi connectivity index (χ4v) is 2.01. The first-order valence-electron chi connectivity index (χ1n) is 7.53. The number of hydrogen-bond donors (Lipinski definition) is 3. The molecule has 0 aliphatic heterocycles. The summed E-state index contributed by atoms with van der Waals surface area (Å²) >= 11 is 0. The first-order valence-corrected chi connectivity index (χ1v) is 7.53. The van der Waals surface area contributed by atoms with Gasteiger partial charge in [-0.2, -0.15) is 0 Å². The van der Waals surface area contributed by atoms with Gasteiger partial charge in [0.05, 0.1) is 6.54 Å². The molecular weight excluding hydrogens is 302 g/mol. The molecule has 0 radical (unpaired) electrons. The Balaban J connectivity index is 0.00000242. The highest BCUT2D eigenvalue weighted by Crippen LogP contribution is 2.27. The second-order valence-corrected chi connectivity index (χ2v) is 5.41. The van der Waals surface area contributed by atoms with E-state index in [0.29, 0.717) is 25.2 Å². The van der Waals surface area contributed by atoms with Crippen LogP contribution >= 0.6 is 12.4 Å². The largest absolute Gasteiger partial charge is 0.352 e. The SMILES string of the molecule is CCNC(=O)c1ccc(CNC(=O)CNCC2CC2)cc1.Cl. The highest BCUT2D eigenvalue weighted by molar-refractivity contribution is 5.94. The average Bonchev–Trinajstić information content (AvgIpc) is 3.30. The number of halogens is 1. The van der Waals surface area contributed by atoms with Crippen LogP contribution in [0.25, 0.3) is 0 Å². The molecule has 1 aliphatic carbocycles. The molecule has 1 aromatic carbocycles. The minimum absolute atomic E-state index is 0. The number of amides is 2. The molecule has 1 fully saturated rings. The molecule has 1 aromatic rings. The molecule has 22 heavy (non-hydrogen) atoms. The summed E-state index contributed by atoms with van der Waals surface area (Å²) in [5.41, 5.74) is 1.62. The maximum atomic E-state index is 11.6. The molecule has 0 aromatic heterocycles. The minimum Gasteiger partial charge on any atom is -0.352 e. The Morgan fingerprint density at radius 1 is 1.14 bits per heavy atom. The number of nitrogens with one attached hydrogen (secondary N) is 3. The molecule has 0 unspecified atom stereocenters. The van der Waals surface area contributed by atoms with E-state index in [2.05, 4.69) is 16.0 Å². The summed E-state index contributed by atoms with van der Waals surface area (Å²) in [7, 11) is 0. The third-order valence-electron chi connectivity index (χ3n) is 3.46. The van der Waals surface area contributed by atoms with Gasteiger partial charge in [0.1, 0.15) is 0 Å². The fourth-order valence-electron chi connectivity index (χ4n) is 2.01. The van der Waals surface area contributed by atoms with Gasteiger partial charge in [-0.05, 0) is 49.9 Å². The predicted molar refractivity (Wildman–Crippen MR) is 89.1 cm³/mol. The van der Waals surface area contributed by atoms with Gasteiger partial charge < -0.3 is 16.0 Å². The van der Waals surface area contributed by atoms with Crippen LogP contribution in [0.4, 0.5) is 0 Å². The monoisotopic (exact) mass is 325 g/mol. The quantitative estimate of drug-likeness (QED) is 0.678. The van der Waals surface area contributed by atoms with Crippen molar-refractivity contribution in [1.82, 2.24) is 16.0 Å². The van der Waals surface area contributed by atoms with Gasteiger partial charge in [0, 0.05) is 18.7 Å². The molecule has 0 saturated heterocycles. The van der Waals surface area contributed by atoms with Crippen LogP contribution in [-0.4, -0.2) is 31.4 Å². The standard InChI is InChI=1S/C16H23N3O2.ClH/c1-2-18-16(21)14-7-5-13(6-8-14)10-19-15(20)11-17-9-12-3-4-12;/h5-8,12,17H,2-4,9-11H2,1H3,(H,18,21)(H,19,20);1H. The van der Waals surface area contributed by atoms with Crippen LogP contribution in [0.3, 0.4) is 0 Å². The van der Waals surface area contributed by atoms with Crippen molar-refractivity contribution in [1.29, 1.82) is 0 Å². The molecule has 2 rings (SSSR count). The van der Waals surface area contributed by atoms with Crippen LogP contribution in [-0.2, 0) is 11.3 Å². The first-order chi connectivity index (χ1) is 10.2. The lowest BCUT2D eigenvalue weighted by atomic mass is 10.1. The van der Waals surface area contributed by atoms with Crippen molar-refractivity contribution in [3.8, 4) is 0 Å². The third kappa shape index (κ3) is 6.45. The Morgan fingerprint density at radius 3 is 2.41 bits per heavy atom. The smallest absolute Gasteiger partial charge is 0.251 e. The van der Waals surface area contributed by atoms with Crippen molar-refractivity contribution < 1.29 is 9.59 Å². The molecular formula is C16H24ClN3O2. The Kier molecular flexibility index (Phi) is 7.91. The van der Waals surface area contributed by atoms with Crippen molar-refractivity contribution >= 4 is 24.2 Å². The highest BCUT2D eigenvalue weighted by Gasteiger charge is 2.20. The minimum atomic E-state index is -0.0719. The molecule has 5 nitrogen and oxygen atoms in total. The van der Waals surface area contributed by atoms with Crippen LogP contribution in [0, 0.1) is 5.92 Å². The molecule has 0 bridgehead atoms. The van der Waals surface area contributed by atoms with Gasteiger partial charge in [0.15, 0.2) is 0 Å². The Hall–Kier alpha value is -1.59. The number of carbonyl (C=O) groups excluding carboxylic acids is 2. The lowest BCUT2D eigenvalue weighted by Crippen LogP contribution is -2.34. The van der Waals surface area contributed by atoms with E-state index in [0.717, 1.165) is 18.0 Å². The van der Waals surface area contributed by atoms with Gasteiger partial charge in [-0.25, -0.2) is 0 Å². The average molecular weight is 326 g/mol. The number of hydrogen-bond acceptors (Lipinski definition) is 3. The molecule has 6 heteroatoms. The van der Waals surface area contributed by atoms with Crippen molar-refractivity contribution in [2.24, 2.45) is 5.92 Å². The molecule has 0 spiro atoms. The topological polar surface area (TPSA) is 70.2 Å². The lowest BCUT2D eigenvalue weighted by Gasteiger charge is -2.07. The molecule has 0 heterocycles. The van der Waals surface area contributed by atoms with Crippen LogP contribution < -0.4 is 16.0 Å². The molecule has 122 valence electrons. The van der Waals surface area contributed by atoms with E-state index in [9.17, 15) is 9.59 Å². The number of carbonyl (C=O) groups is 2. The maximum Gasteiger partial charge on any atom is 0.251 e. The summed E-state index contributed by atoms with van der Waals surface area (Å²) in [6, 6.07) is 7.28. The molecule has 1 aliphatic rings. The van der Waals surface area contributed by atoms with Gasteiger partial charge in [-0.1, -0.05) is 12.1 Å². The van der Waals surface area contributed by atoms with Crippen molar-refractivity contribution in [2.45, 2.75) is 26.3 Å². The summed E-state index contributed by atoms with van der Waals surface area (Å²) in [6.45, 7) is 4.30. The van der Waals surface area contributed by atoms with E-state index in [4.69, 9.17) is 0 Å². The molecule has 3 N–H and O–H groups in total. The predicted octanol–water partition coefficient (Wildman–Crippen LogP) is 1.47. The lowest BCUT2D eigenvalue weighted by molar-refractivity contribution is -0.120. The number of rotatable bonds is 8. The first kappa shape index (κ1) is 18.5. The second kappa shape index (κ2) is 9.43. The fraction of sp³-hybridized carbons (Fsp3) is 0.500. The van der Waals surface area contributed by atoms with Gasteiger partial charge in [0.2, 0.25) is 5.91 Å². The second-order valence-electron chi connectivity index (χ2n) is 5.41. The molecule has 0 atom stereocenters. The maximum absolute atomic E-state index is 11.6. The zero-order valence-electron chi connectivity index (χ0n) is 12.9. The Morgan fingerprint density at radius 2 is 1.82 bits per heavy atom. The van der Waals surface area contributed by atoms with Crippen molar-refractivity contribution in [2.75, 3.05) is 19.6 Å². The van der Waals surface area contributed by atoms with E-state index in [1.807, 2.05) is 19.1 Å². The van der Waals surface area contributed by atoms with E-state index in [-0.39, 0.29) is 24.2 Å². The van der Waals surface area contributed by atoms with E-state index < -0.39 is 0 Å². The summed E-state index contributed by atoms with van der Waals surface area (Å²) in [4.78, 5) is 23.3. The third-order valence-corrected chi connectivity index (χ3v) is 3.46. The zero-order chi connectivity index (χ0) is 15.1. The molecule has 2 amide bonds. The zero-order valence-corrected chi connectivity index (χ0v) is 13.7. The van der Waals surface area contributed by atoms with Crippen molar-refractivity contribution in [3.05, 3.63) is 35.4 Å². The molecule has 1 saturated carbocycles. The van der Waals surface area contributed by atoms with E-state index >= 15 is 0 Å². The highest BCUT2D eigenvalue weighted by atomic mass is 35.5. The summed E-state index contributed by atoms with van der Waals surface area (Å²) < 4.78 is 0. The van der Waals surface area contributed by atoms with Gasteiger partial charge >= 0.3 is 0 Å². The van der Waals surface area contributed by atoms with Crippen LogP contribution in [0.1, 0.15) is 35.7 Å². The Labute approximate surface area is 137 Å².